The van der Waals surface area contributed by atoms with Gasteiger partial charge in [-0.05, 0) is 19.3 Å². The summed E-state index contributed by atoms with van der Waals surface area (Å²) in [4.78, 5) is 25.4. The largest absolute Gasteiger partial charge is 0.274 e. The molecular weight excluding hydrogens is 216 g/mol. The zero-order chi connectivity index (χ0) is 13.2. The number of likely N-dealkylation sites (tertiary alicyclic amines) is 1. The number of nitrogens with zero attached hydrogens (tertiary/aromatic N) is 2. The summed E-state index contributed by atoms with van der Waals surface area (Å²) in [6, 6.07) is 1.47. The molecule has 2 amide bonds. The van der Waals surface area contributed by atoms with Crippen molar-refractivity contribution in [3.05, 3.63) is 0 Å². The molecule has 2 atom stereocenters. The van der Waals surface area contributed by atoms with Crippen molar-refractivity contribution in [3.8, 4) is 6.07 Å². The molecule has 2 unspecified atom stereocenters. The van der Waals surface area contributed by atoms with Gasteiger partial charge in [0, 0.05) is 6.42 Å². The summed E-state index contributed by atoms with van der Waals surface area (Å²) < 4.78 is 0. The highest BCUT2D eigenvalue weighted by molar-refractivity contribution is 6.06. The third kappa shape index (κ3) is 2.19. The van der Waals surface area contributed by atoms with Crippen molar-refractivity contribution >= 4 is 11.8 Å². The topological polar surface area (TPSA) is 61.2 Å². The smallest absolute Gasteiger partial charge is 0.237 e. The Kier molecular flexibility index (Phi) is 3.92. The van der Waals surface area contributed by atoms with Crippen molar-refractivity contribution in [1.29, 1.82) is 5.26 Å². The van der Waals surface area contributed by atoms with E-state index < -0.39 is 11.5 Å². The summed E-state index contributed by atoms with van der Waals surface area (Å²) in [5.74, 6) is -0.284. The summed E-state index contributed by atoms with van der Waals surface area (Å²) >= 11 is 0. The highest BCUT2D eigenvalue weighted by atomic mass is 16.2. The number of hydrogen-bond acceptors (Lipinski definition) is 3. The Morgan fingerprint density at radius 2 is 2.06 bits per heavy atom. The molecule has 0 aliphatic carbocycles. The molecule has 0 saturated carbocycles. The molecule has 0 aromatic carbocycles. The van der Waals surface area contributed by atoms with Crippen LogP contribution in [0.1, 0.15) is 47.0 Å². The predicted molar refractivity (Wildman–Crippen MR) is 63.7 cm³/mol. The van der Waals surface area contributed by atoms with E-state index in [9.17, 15) is 9.59 Å². The maximum atomic E-state index is 12.3. The van der Waals surface area contributed by atoms with Gasteiger partial charge in [-0.2, -0.15) is 5.26 Å². The van der Waals surface area contributed by atoms with Crippen LogP contribution in [0.4, 0.5) is 0 Å². The Hall–Kier alpha value is -1.37. The van der Waals surface area contributed by atoms with Gasteiger partial charge in [-0.3, -0.25) is 14.5 Å². The van der Waals surface area contributed by atoms with Crippen molar-refractivity contribution in [2.45, 2.75) is 53.0 Å². The van der Waals surface area contributed by atoms with E-state index in [-0.39, 0.29) is 24.2 Å². The minimum Gasteiger partial charge on any atom is -0.274 e. The zero-order valence-electron chi connectivity index (χ0n) is 11.0. The molecule has 0 N–H and O–H groups in total. The van der Waals surface area contributed by atoms with Crippen LogP contribution in [0, 0.1) is 22.7 Å². The predicted octanol–water partition coefficient (Wildman–Crippen LogP) is 2.10. The van der Waals surface area contributed by atoms with E-state index >= 15 is 0 Å². The summed E-state index contributed by atoms with van der Waals surface area (Å²) in [6.45, 7) is 7.64. The molecule has 1 fully saturated rings. The Morgan fingerprint density at radius 3 is 2.41 bits per heavy atom. The van der Waals surface area contributed by atoms with Gasteiger partial charge >= 0.3 is 0 Å². The second-order valence-electron chi connectivity index (χ2n) is 5.25. The first kappa shape index (κ1) is 13.7. The van der Waals surface area contributed by atoms with Crippen LogP contribution >= 0.6 is 0 Å². The fourth-order valence-electron chi connectivity index (χ4n) is 2.15. The first-order valence-corrected chi connectivity index (χ1v) is 6.14. The molecule has 0 spiro atoms. The Balaban J connectivity index is 3.01. The van der Waals surface area contributed by atoms with Crippen LogP contribution in [-0.2, 0) is 9.59 Å². The lowest BCUT2D eigenvalue weighted by molar-refractivity contribution is -0.143. The standard InChI is InChI=1S/C13H20N2O2/c1-5-6-10(8-14)15-11(16)7-13(4,9(2)3)12(15)17/h9-10H,5-7H2,1-4H3. The number of amides is 2. The Bertz CT molecular complexity index is 370. The van der Waals surface area contributed by atoms with E-state index in [1.165, 1.54) is 4.90 Å². The molecule has 1 saturated heterocycles. The van der Waals surface area contributed by atoms with Gasteiger partial charge in [0.25, 0.3) is 0 Å². The average molecular weight is 236 g/mol. The minimum atomic E-state index is -0.639. The van der Waals surface area contributed by atoms with Crippen LogP contribution in [0.3, 0.4) is 0 Å². The van der Waals surface area contributed by atoms with E-state index in [2.05, 4.69) is 6.07 Å². The molecule has 1 aliphatic rings. The van der Waals surface area contributed by atoms with Gasteiger partial charge in [-0.15, -0.1) is 0 Å². The normalized spacial score (nSPS) is 26.5. The molecule has 0 bridgehead atoms. The molecule has 1 aliphatic heterocycles. The van der Waals surface area contributed by atoms with Crippen LogP contribution in [-0.4, -0.2) is 22.8 Å². The Morgan fingerprint density at radius 1 is 1.47 bits per heavy atom. The van der Waals surface area contributed by atoms with Crippen LogP contribution in [0.15, 0.2) is 0 Å². The number of carbonyl (C=O) groups is 2. The fourth-order valence-corrected chi connectivity index (χ4v) is 2.15. The van der Waals surface area contributed by atoms with Crippen molar-refractivity contribution in [1.82, 2.24) is 4.90 Å². The van der Waals surface area contributed by atoms with Gasteiger partial charge in [0.15, 0.2) is 0 Å². The molecule has 4 nitrogen and oxygen atoms in total. The van der Waals surface area contributed by atoms with E-state index in [1.54, 1.807) is 0 Å². The molecule has 4 heteroatoms. The van der Waals surface area contributed by atoms with E-state index in [4.69, 9.17) is 5.26 Å². The maximum absolute atomic E-state index is 12.3. The number of hydrogen-bond donors (Lipinski definition) is 0. The molecular formula is C13H20N2O2. The van der Waals surface area contributed by atoms with E-state index in [0.29, 0.717) is 6.42 Å². The molecule has 17 heavy (non-hydrogen) atoms. The van der Waals surface area contributed by atoms with Crippen LogP contribution in [0.2, 0.25) is 0 Å². The third-order valence-electron chi connectivity index (χ3n) is 3.79. The van der Waals surface area contributed by atoms with E-state index in [0.717, 1.165) is 6.42 Å². The number of rotatable bonds is 4. The molecule has 0 radical (unpaired) electrons. The molecule has 1 heterocycles. The van der Waals surface area contributed by atoms with Gasteiger partial charge < -0.3 is 0 Å². The fraction of sp³-hybridized carbons (Fsp3) is 0.769. The molecule has 94 valence electrons. The van der Waals surface area contributed by atoms with Gasteiger partial charge in [0.1, 0.15) is 6.04 Å². The first-order chi connectivity index (χ1) is 7.88. The number of imide groups is 1. The van der Waals surface area contributed by atoms with Crippen molar-refractivity contribution < 1.29 is 9.59 Å². The number of nitriles is 1. The summed E-state index contributed by atoms with van der Waals surface area (Å²) in [6.07, 6.45) is 1.57. The van der Waals surface area contributed by atoms with Gasteiger partial charge in [0.2, 0.25) is 11.8 Å². The lowest BCUT2D eigenvalue weighted by Gasteiger charge is -2.27. The summed E-state index contributed by atoms with van der Waals surface area (Å²) in [7, 11) is 0. The highest BCUT2D eigenvalue weighted by Gasteiger charge is 2.51. The lowest BCUT2D eigenvalue weighted by atomic mass is 9.78. The van der Waals surface area contributed by atoms with Crippen molar-refractivity contribution in [2.75, 3.05) is 0 Å². The van der Waals surface area contributed by atoms with Crippen LogP contribution in [0.5, 0.6) is 0 Å². The minimum absolute atomic E-state index is 0.102. The van der Waals surface area contributed by atoms with Crippen molar-refractivity contribution in [3.63, 3.8) is 0 Å². The summed E-state index contributed by atoms with van der Waals surface area (Å²) in [5, 5.41) is 9.07. The monoisotopic (exact) mass is 236 g/mol. The second-order valence-corrected chi connectivity index (χ2v) is 5.25. The number of carbonyl (C=O) groups excluding carboxylic acids is 2. The maximum Gasteiger partial charge on any atom is 0.237 e. The lowest BCUT2D eigenvalue weighted by Crippen LogP contribution is -2.42. The van der Waals surface area contributed by atoms with Crippen molar-refractivity contribution in [2.24, 2.45) is 11.3 Å². The second kappa shape index (κ2) is 4.87. The molecule has 0 aromatic heterocycles. The van der Waals surface area contributed by atoms with Gasteiger partial charge in [-0.1, -0.05) is 27.2 Å². The Labute approximate surface area is 103 Å². The van der Waals surface area contributed by atoms with E-state index in [1.807, 2.05) is 27.7 Å². The quantitative estimate of drug-likeness (QED) is 0.702. The van der Waals surface area contributed by atoms with Crippen LogP contribution < -0.4 is 0 Å². The van der Waals surface area contributed by atoms with Gasteiger partial charge in [-0.25, -0.2) is 0 Å². The first-order valence-electron chi connectivity index (χ1n) is 6.14. The zero-order valence-corrected chi connectivity index (χ0v) is 11.0. The van der Waals surface area contributed by atoms with Gasteiger partial charge in [0.05, 0.1) is 11.5 Å². The molecule has 1 rings (SSSR count). The third-order valence-corrected chi connectivity index (χ3v) is 3.79. The highest BCUT2D eigenvalue weighted by Crippen LogP contribution is 2.40. The SMILES string of the molecule is CCCC(C#N)N1C(=O)CC(C)(C(C)C)C1=O. The van der Waals surface area contributed by atoms with Crippen LogP contribution in [0.25, 0.3) is 0 Å². The molecule has 0 aromatic rings. The average Bonchev–Trinajstić information content (AvgIpc) is 2.49. The summed E-state index contributed by atoms with van der Waals surface area (Å²) in [5.41, 5.74) is -0.639.